The maximum absolute atomic E-state index is 14.4. The number of nitrogens with zero attached hydrogens (tertiary/aromatic N) is 3. The van der Waals surface area contributed by atoms with E-state index < -0.39 is 0 Å². The van der Waals surface area contributed by atoms with Gasteiger partial charge in [0, 0.05) is 35.6 Å². The minimum atomic E-state index is -0.203. The predicted octanol–water partition coefficient (Wildman–Crippen LogP) is 10.6. The molecule has 0 amide bonds. The molecule has 4 heteroatoms. The number of ketones is 1. The van der Waals surface area contributed by atoms with Gasteiger partial charge in [-0.3, -0.25) is 19.7 Å². The topological polar surface area (TPSA) is 55.7 Å². The van der Waals surface area contributed by atoms with Crippen molar-refractivity contribution in [1.29, 1.82) is 0 Å². The van der Waals surface area contributed by atoms with Gasteiger partial charge in [0.1, 0.15) is 0 Å². The van der Waals surface area contributed by atoms with Crippen LogP contribution in [-0.2, 0) is 6.42 Å². The number of hydrogen-bond donors (Lipinski definition) is 0. The minimum absolute atomic E-state index is 0.203. The summed E-state index contributed by atoms with van der Waals surface area (Å²) >= 11 is 0. The van der Waals surface area contributed by atoms with Gasteiger partial charge in [-0.25, -0.2) is 0 Å². The van der Waals surface area contributed by atoms with E-state index >= 15 is 0 Å². The standard InChI is InChI=1S/C45H33N3O/c49-45-37-12-4-3-11-34(37)39-26-33(29-9-1-2-10-30(16-15-29)42-13-5-7-23-46-42)27-41-36(39)20-21-38(45)35-19-17-31(25-40(35)41)32-18-22-44(48-28-32)43-14-6-8-24-47-43/h3-19,22-28,38H,1-2,20-21H2. The number of fused-ring (bicyclic) bond motifs is 7. The fraction of sp³-hybridized carbons (Fsp3) is 0.111. The summed E-state index contributed by atoms with van der Waals surface area (Å²) in [5, 5.41) is 0. The third-order valence-electron chi connectivity index (χ3n) is 10.1. The quantitative estimate of drug-likeness (QED) is 0.194. The van der Waals surface area contributed by atoms with E-state index in [4.69, 9.17) is 4.98 Å². The second-order valence-electron chi connectivity index (χ2n) is 12.9. The van der Waals surface area contributed by atoms with Gasteiger partial charge in [0.2, 0.25) is 0 Å². The third kappa shape index (κ3) is 5.26. The van der Waals surface area contributed by atoms with Gasteiger partial charge in [0.15, 0.2) is 5.78 Å². The van der Waals surface area contributed by atoms with Crippen LogP contribution in [0, 0.1) is 0 Å². The summed E-state index contributed by atoms with van der Waals surface area (Å²) in [6.07, 6.45) is 18.1. The van der Waals surface area contributed by atoms with Crippen molar-refractivity contribution in [2.24, 2.45) is 0 Å². The summed E-state index contributed by atoms with van der Waals surface area (Å²) in [6.45, 7) is 0. The predicted molar refractivity (Wildman–Crippen MR) is 198 cm³/mol. The van der Waals surface area contributed by atoms with Crippen LogP contribution in [-0.4, -0.2) is 20.7 Å². The Balaban J connectivity index is 1.21. The lowest BCUT2D eigenvalue weighted by atomic mass is 9.80. The van der Waals surface area contributed by atoms with E-state index in [2.05, 4.69) is 88.9 Å². The maximum Gasteiger partial charge on any atom is 0.170 e. The molecule has 6 aromatic rings. The third-order valence-corrected chi connectivity index (χ3v) is 10.1. The van der Waals surface area contributed by atoms with Gasteiger partial charge in [-0.05, 0) is 130 Å². The molecule has 0 radical (unpaired) electrons. The highest BCUT2D eigenvalue weighted by molar-refractivity contribution is 6.09. The maximum atomic E-state index is 14.4. The molecule has 0 fully saturated rings. The van der Waals surface area contributed by atoms with Gasteiger partial charge in [-0.15, -0.1) is 0 Å². The van der Waals surface area contributed by atoms with Gasteiger partial charge in [0.05, 0.1) is 17.1 Å². The van der Waals surface area contributed by atoms with E-state index in [0.29, 0.717) is 0 Å². The highest BCUT2D eigenvalue weighted by atomic mass is 16.1. The molecule has 1 unspecified atom stereocenters. The summed E-state index contributed by atoms with van der Waals surface area (Å²) in [7, 11) is 0. The van der Waals surface area contributed by atoms with Crippen LogP contribution in [0.15, 0.2) is 146 Å². The first-order valence-electron chi connectivity index (χ1n) is 17.0. The fourth-order valence-corrected chi connectivity index (χ4v) is 7.66. The summed E-state index contributed by atoms with van der Waals surface area (Å²) in [6, 6.07) is 35.6. The smallest absolute Gasteiger partial charge is 0.170 e. The number of aromatic nitrogens is 3. The zero-order chi connectivity index (χ0) is 32.7. The first kappa shape index (κ1) is 29.2. The molecule has 3 aliphatic carbocycles. The number of allylic oxidation sites excluding steroid dienone is 6. The van der Waals surface area contributed by atoms with E-state index in [0.717, 1.165) is 92.8 Å². The van der Waals surface area contributed by atoms with Crippen LogP contribution in [0.4, 0.5) is 0 Å². The Bertz CT molecular complexity index is 2330. The number of Topliss-reactive ketones (excluding diaryl/α,β-unsaturated/α-hetero) is 1. The first-order valence-corrected chi connectivity index (χ1v) is 17.0. The zero-order valence-electron chi connectivity index (χ0n) is 27.0. The molecule has 0 N–H and O–H groups in total. The molecule has 3 aliphatic rings. The molecular weight excluding hydrogens is 599 g/mol. The summed E-state index contributed by atoms with van der Waals surface area (Å²) in [5.41, 5.74) is 16.0. The summed E-state index contributed by atoms with van der Waals surface area (Å²) in [4.78, 5) is 28.3. The van der Waals surface area contributed by atoms with Gasteiger partial charge in [-0.1, -0.05) is 78.9 Å². The van der Waals surface area contributed by atoms with E-state index in [1.807, 2.05) is 60.9 Å². The average Bonchev–Trinajstić information content (AvgIpc) is 3.31. The van der Waals surface area contributed by atoms with E-state index in [-0.39, 0.29) is 11.7 Å². The van der Waals surface area contributed by atoms with E-state index in [9.17, 15) is 4.79 Å². The molecular formula is C45H33N3O. The Kier molecular flexibility index (Phi) is 7.27. The van der Waals surface area contributed by atoms with Gasteiger partial charge in [0.25, 0.3) is 0 Å². The molecule has 9 rings (SSSR count). The second kappa shape index (κ2) is 12.2. The highest BCUT2D eigenvalue weighted by Gasteiger charge is 2.34. The molecule has 0 aliphatic heterocycles. The van der Waals surface area contributed by atoms with Crippen LogP contribution in [0.1, 0.15) is 57.9 Å². The molecule has 49 heavy (non-hydrogen) atoms. The van der Waals surface area contributed by atoms with Crippen molar-refractivity contribution >= 4 is 16.9 Å². The van der Waals surface area contributed by atoms with Crippen LogP contribution in [0.3, 0.4) is 0 Å². The molecule has 0 spiro atoms. The number of pyridine rings is 3. The molecule has 0 saturated carbocycles. The number of hydrogen-bond acceptors (Lipinski definition) is 4. The molecule has 4 nitrogen and oxygen atoms in total. The molecule has 3 aromatic carbocycles. The van der Waals surface area contributed by atoms with Crippen molar-refractivity contribution in [1.82, 2.24) is 15.0 Å². The lowest BCUT2D eigenvalue weighted by molar-refractivity contribution is 0.0956. The van der Waals surface area contributed by atoms with Crippen molar-refractivity contribution in [3.63, 3.8) is 0 Å². The molecule has 2 bridgehead atoms. The molecule has 0 saturated heterocycles. The van der Waals surface area contributed by atoms with Crippen molar-refractivity contribution in [3.05, 3.63) is 174 Å². The molecule has 3 aromatic heterocycles. The average molecular weight is 632 g/mol. The van der Waals surface area contributed by atoms with Crippen LogP contribution in [0.2, 0.25) is 0 Å². The highest BCUT2D eigenvalue weighted by Crippen LogP contribution is 2.48. The number of carbonyl (C=O) groups excluding carboxylic acids is 1. The summed E-state index contributed by atoms with van der Waals surface area (Å²) in [5.74, 6) is 0.00117. The summed E-state index contributed by atoms with van der Waals surface area (Å²) < 4.78 is 0. The van der Waals surface area contributed by atoms with Crippen molar-refractivity contribution in [2.75, 3.05) is 0 Å². The van der Waals surface area contributed by atoms with Gasteiger partial charge < -0.3 is 0 Å². The largest absolute Gasteiger partial charge is 0.293 e. The lowest BCUT2D eigenvalue weighted by Crippen LogP contribution is -2.16. The van der Waals surface area contributed by atoms with Crippen molar-refractivity contribution in [3.8, 4) is 44.8 Å². The van der Waals surface area contributed by atoms with Gasteiger partial charge in [-0.2, -0.15) is 0 Å². The van der Waals surface area contributed by atoms with E-state index in [1.54, 1.807) is 6.20 Å². The van der Waals surface area contributed by atoms with Crippen LogP contribution in [0.5, 0.6) is 0 Å². The number of carbonyl (C=O) groups is 1. The van der Waals surface area contributed by atoms with Crippen LogP contribution < -0.4 is 0 Å². The molecule has 1 atom stereocenters. The fourth-order valence-electron chi connectivity index (χ4n) is 7.66. The Hall–Kier alpha value is -6.00. The Morgan fingerprint density at radius 2 is 1.18 bits per heavy atom. The lowest BCUT2D eigenvalue weighted by Gasteiger charge is -2.22. The molecule has 234 valence electrons. The monoisotopic (exact) mass is 631 g/mol. The normalized spacial score (nSPS) is 16.2. The number of rotatable bonds is 4. The van der Waals surface area contributed by atoms with Crippen molar-refractivity contribution < 1.29 is 4.79 Å². The van der Waals surface area contributed by atoms with Crippen LogP contribution in [0.25, 0.3) is 55.9 Å². The number of benzene rings is 3. The SMILES string of the molecule is O=C1c2ccccc2-c2cc(C3=CCCC=C(c4ccccn4)C=C3)cc3c2CCC1c1ccc(-c2ccc(-c4ccccn4)nc2)cc1-3. The Morgan fingerprint density at radius 1 is 0.531 bits per heavy atom. The Morgan fingerprint density at radius 3 is 1.94 bits per heavy atom. The van der Waals surface area contributed by atoms with Crippen molar-refractivity contribution in [2.45, 2.75) is 31.6 Å². The molecule has 3 heterocycles. The first-order chi connectivity index (χ1) is 24.2. The minimum Gasteiger partial charge on any atom is -0.293 e. The van der Waals surface area contributed by atoms with Gasteiger partial charge >= 0.3 is 0 Å². The Labute approximate surface area is 286 Å². The zero-order valence-corrected chi connectivity index (χ0v) is 27.0. The van der Waals surface area contributed by atoms with E-state index in [1.165, 1.54) is 16.7 Å². The second-order valence-corrected chi connectivity index (χ2v) is 12.9. The van der Waals surface area contributed by atoms with Crippen LogP contribution >= 0.6 is 0 Å².